The molecule has 1 aromatic rings. The molecule has 4 nitrogen and oxygen atoms in total. The molecule has 0 aromatic carbocycles. The fourth-order valence-corrected chi connectivity index (χ4v) is 2.48. The summed E-state index contributed by atoms with van der Waals surface area (Å²) in [7, 11) is 0. The Labute approximate surface area is 129 Å². The number of hydrogen-bond acceptors (Lipinski definition) is 3. The molecule has 0 spiro atoms. The Morgan fingerprint density at radius 1 is 1.32 bits per heavy atom. The molecule has 0 saturated heterocycles. The van der Waals surface area contributed by atoms with E-state index in [1.165, 1.54) is 0 Å². The van der Waals surface area contributed by atoms with Crippen LogP contribution in [-0.4, -0.2) is 34.5 Å². The van der Waals surface area contributed by atoms with Crippen LogP contribution in [0.4, 0.5) is 0 Å². The fraction of sp³-hybridized carbons (Fsp3) is 0.714. The largest absolute Gasteiger partial charge is 0.310 e. The van der Waals surface area contributed by atoms with Crippen LogP contribution in [-0.2, 0) is 12.8 Å². The third kappa shape index (κ3) is 5.22. The molecular weight excluding hydrogens is 353 g/mol. The van der Waals surface area contributed by atoms with Crippen molar-refractivity contribution in [1.29, 1.82) is 0 Å². The van der Waals surface area contributed by atoms with E-state index in [-0.39, 0.29) is 5.56 Å². The predicted octanol–water partition coefficient (Wildman–Crippen LogP) is 2.46. The minimum absolute atomic E-state index is 0.000738. The molecule has 0 aliphatic carbocycles. The lowest BCUT2D eigenvalue weighted by Gasteiger charge is -2.17. The predicted molar refractivity (Wildman–Crippen MR) is 87.6 cm³/mol. The highest BCUT2D eigenvalue weighted by Crippen LogP contribution is 2.10. The fourth-order valence-electron chi connectivity index (χ4n) is 2.00. The molecular formula is C14H24IN3O. The van der Waals surface area contributed by atoms with E-state index >= 15 is 0 Å². The molecule has 1 N–H and O–H groups in total. The van der Waals surface area contributed by atoms with Gasteiger partial charge in [0.25, 0.3) is 5.56 Å². The first kappa shape index (κ1) is 16.6. The van der Waals surface area contributed by atoms with E-state index < -0.39 is 0 Å². The minimum atomic E-state index is 0.000738. The number of rotatable bonds is 7. The number of aromatic nitrogens is 2. The molecule has 1 aromatic heterocycles. The van der Waals surface area contributed by atoms with Crippen LogP contribution in [0.5, 0.6) is 0 Å². The SMILES string of the molecule is CCN(CC)CCc1nc(CC(C)C)c(I)c(=O)[nH]1. The molecule has 0 fully saturated rings. The van der Waals surface area contributed by atoms with Gasteiger partial charge in [-0.15, -0.1) is 0 Å². The van der Waals surface area contributed by atoms with Gasteiger partial charge in [-0.1, -0.05) is 27.7 Å². The number of H-pyrrole nitrogens is 1. The number of aromatic amines is 1. The lowest BCUT2D eigenvalue weighted by Crippen LogP contribution is -2.27. The highest BCUT2D eigenvalue weighted by Gasteiger charge is 2.11. The molecule has 0 radical (unpaired) electrons. The minimum Gasteiger partial charge on any atom is -0.310 e. The van der Waals surface area contributed by atoms with E-state index in [0.29, 0.717) is 5.92 Å². The molecule has 0 amide bonds. The third-order valence-electron chi connectivity index (χ3n) is 3.14. The zero-order valence-electron chi connectivity index (χ0n) is 12.3. The maximum atomic E-state index is 11.9. The van der Waals surface area contributed by atoms with Gasteiger partial charge in [-0.3, -0.25) is 4.79 Å². The molecule has 0 aliphatic rings. The Bertz CT molecular complexity index is 452. The van der Waals surface area contributed by atoms with Crippen molar-refractivity contribution < 1.29 is 0 Å². The van der Waals surface area contributed by atoms with Gasteiger partial charge in [-0.25, -0.2) is 4.98 Å². The van der Waals surface area contributed by atoms with Crippen molar-refractivity contribution in [1.82, 2.24) is 14.9 Å². The molecule has 5 heteroatoms. The number of hydrogen-bond donors (Lipinski definition) is 1. The van der Waals surface area contributed by atoms with Crippen molar-refractivity contribution in [3.63, 3.8) is 0 Å². The van der Waals surface area contributed by atoms with Gasteiger partial charge in [0, 0.05) is 13.0 Å². The summed E-state index contributed by atoms with van der Waals surface area (Å²) in [5.74, 6) is 1.33. The van der Waals surface area contributed by atoms with Crippen molar-refractivity contribution in [2.24, 2.45) is 5.92 Å². The van der Waals surface area contributed by atoms with Gasteiger partial charge in [0.15, 0.2) is 0 Å². The van der Waals surface area contributed by atoms with E-state index in [2.05, 4.69) is 65.2 Å². The van der Waals surface area contributed by atoms with Gasteiger partial charge < -0.3 is 9.88 Å². The van der Waals surface area contributed by atoms with Crippen LogP contribution in [0.1, 0.15) is 39.2 Å². The van der Waals surface area contributed by atoms with E-state index in [1.54, 1.807) is 0 Å². The number of nitrogens with zero attached hydrogens (tertiary/aromatic N) is 2. The van der Waals surface area contributed by atoms with E-state index in [4.69, 9.17) is 0 Å². The summed E-state index contributed by atoms with van der Waals surface area (Å²) in [5, 5.41) is 0. The topological polar surface area (TPSA) is 49.0 Å². The summed E-state index contributed by atoms with van der Waals surface area (Å²) in [6, 6.07) is 0. The maximum absolute atomic E-state index is 11.9. The van der Waals surface area contributed by atoms with E-state index in [9.17, 15) is 4.79 Å². The van der Waals surface area contributed by atoms with Crippen LogP contribution < -0.4 is 5.56 Å². The van der Waals surface area contributed by atoms with Gasteiger partial charge in [-0.05, 0) is 48.0 Å². The third-order valence-corrected chi connectivity index (χ3v) is 4.25. The normalized spacial score (nSPS) is 11.5. The number of likely N-dealkylation sites (N-methyl/N-ethyl adjacent to an activating group) is 1. The molecule has 0 saturated carbocycles. The average Bonchev–Trinajstić information content (AvgIpc) is 2.36. The standard InChI is InChI=1S/C14H24IN3O/c1-5-18(6-2)8-7-12-16-11(9-10(3)4)13(15)14(19)17-12/h10H,5-9H2,1-4H3,(H,16,17,19). The second kappa shape index (κ2) is 7.99. The summed E-state index contributed by atoms with van der Waals surface area (Å²) >= 11 is 2.09. The van der Waals surface area contributed by atoms with Crippen molar-refractivity contribution in [2.45, 2.75) is 40.5 Å². The molecule has 0 aliphatic heterocycles. The molecule has 0 atom stereocenters. The second-order valence-corrected chi connectivity index (χ2v) is 6.23. The van der Waals surface area contributed by atoms with Gasteiger partial charge in [-0.2, -0.15) is 0 Å². The molecule has 0 unspecified atom stereocenters. The summed E-state index contributed by atoms with van der Waals surface area (Å²) in [4.78, 5) is 21.8. The van der Waals surface area contributed by atoms with Crippen molar-refractivity contribution >= 4 is 22.6 Å². The average molecular weight is 377 g/mol. The first-order chi connectivity index (χ1) is 8.97. The van der Waals surface area contributed by atoms with Crippen LogP contribution in [0.25, 0.3) is 0 Å². The first-order valence-corrected chi connectivity index (χ1v) is 8.05. The van der Waals surface area contributed by atoms with Crippen molar-refractivity contribution in [3.05, 3.63) is 25.4 Å². The molecule has 108 valence electrons. The van der Waals surface area contributed by atoms with Crippen LogP contribution >= 0.6 is 22.6 Å². The van der Waals surface area contributed by atoms with Gasteiger partial charge >= 0.3 is 0 Å². The summed E-state index contributed by atoms with van der Waals surface area (Å²) in [5.41, 5.74) is 0.940. The molecule has 1 rings (SSSR count). The highest BCUT2D eigenvalue weighted by atomic mass is 127. The van der Waals surface area contributed by atoms with Crippen LogP contribution in [0, 0.1) is 9.49 Å². The lowest BCUT2D eigenvalue weighted by atomic mass is 10.1. The maximum Gasteiger partial charge on any atom is 0.264 e. The zero-order valence-corrected chi connectivity index (χ0v) is 14.5. The highest BCUT2D eigenvalue weighted by molar-refractivity contribution is 14.1. The Hall–Kier alpha value is -0.430. The van der Waals surface area contributed by atoms with E-state index in [0.717, 1.165) is 47.6 Å². The number of halogens is 1. The van der Waals surface area contributed by atoms with E-state index in [1.807, 2.05) is 0 Å². The van der Waals surface area contributed by atoms with Crippen molar-refractivity contribution in [2.75, 3.05) is 19.6 Å². The van der Waals surface area contributed by atoms with Crippen LogP contribution in [0.3, 0.4) is 0 Å². The van der Waals surface area contributed by atoms with Gasteiger partial charge in [0.1, 0.15) is 5.82 Å². The summed E-state index contributed by atoms with van der Waals surface area (Å²) < 4.78 is 0.734. The Kier molecular flexibility index (Phi) is 6.99. The summed E-state index contributed by atoms with van der Waals surface area (Å²) in [6.45, 7) is 11.6. The van der Waals surface area contributed by atoms with Gasteiger partial charge in [0.2, 0.25) is 0 Å². The Morgan fingerprint density at radius 3 is 2.47 bits per heavy atom. The second-order valence-electron chi connectivity index (χ2n) is 5.15. The van der Waals surface area contributed by atoms with Crippen molar-refractivity contribution in [3.8, 4) is 0 Å². The molecule has 1 heterocycles. The smallest absolute Gasteiger partial charge is 0.264 e. The summed E-state index contributed by atoms with van der Waals surface area (Å²) in [6.07, 6.45) is 1.67. The monoisotopic (exact) mass is 377 g/mol. The van der Waals surface area contributed by atoms with Crippen LogP contribution in [0.2, 0.25) is 0 Å². The Morgan fingerprint density at radius 2 is 1.95 bits per heavy atom. The quantitative estimate of drug-likeness (QED) is 0.743. The molecule has 19 heavy (non-hydrogen) atoms. The first-order valence-electron chi connectivity index (χ1n) is 6.97. The lowest BCUT2D eigenvalue weighted by molar-refractivity contribution is 0.305. The molecule has 0 bridgehead atoms. The zero-order chi connectivity index (χ0) is 14.4. The Balaban J connectivity index is 2.85. The number of nitrogens with one attached hydrogen (secondary N) is 1. The van der Waals surface area contributed by atoms with Gasteiger partial charge in [0.05, 0.1) is 9.26 Å². The van der Waals surface area contributed by atoms with Crippen LogP contribution in [0.15, 0.2) is 4.79 Å².